The molecule has 0 aromatic heterocycles. The zero-order valence-electron chi connectivity index (χ0n) is 8.92. The Morgan fingerprint density at radius 2 is 2.21 bits per heavy atom. The predicted octanol–water partition coefficient (Wildman–Crippen LogP) is 3.99. The Labute approximate surface area is 86.7 Å². The molecule has 0 saturated carbocycles. The van der Waals surface area contributed by atoms with Crippen molar-refractivity contribution >= 4 is 6.08 Å². The summed E-state index contributed by atoms with van der Waals surface area (Å²) in [5.41, 5.74) is 4.63. The minimum absolute atomic E-state index is 1.22. The van der Waals surface area contributed by atoms with E-state index in [1.54, 1.807) is 11.1 Å². The summed E-state index contributed by atoms with van der Waals surface area (Å²) in [6.07, 6.45) is 10.9. The molecule has 0 unspecified atom stereocenters. The first-order chi connectivity index (χ1) is 6.92. The summed E-state index contributed by atoms with van der Waals surface area (Å²) < 4.78 is 0. The molecule has 1 aliphatic rings. The highest BCUT2D eigenvalue weighted by Crippen LogP contribution is 2.23. The van der Waals surface area contributed by atoms with Crippen LogP contribution in [0.1, 0.15) is 42.9 Å². The normalized spacial score (nSPS) is 14.1. The number of hydrogen-bond acceptors (Lipinski definition) is 0. The van der Waals surface area contributed by atoms with E-state index in [1.165, 1.54) is 37.7 Å². The minimum Gasteiger partial charge on any atom is -0.0836 e. The highest BCUT2D eigenvalue weighted by Gasteiger charge is 2.08. The zero-order chi connectivity index (χ0) is 9.80. The standard InChI is InChI=1S/C14H18/c1-2-3-7-12-9-6-10-13-8-4-5-11-14(12)13/h4,6,8-10H,2-3,5,7,11H2,1H3. The second-order valence-electron chi connectivity index (χ2n) is 4.03. The van der Waals surface area contributed by atoms with Gasteiger partial charge in [-0.25, -0.2) is 0 Å². The first kappa shape index (κ1) is 9.51. The minimum atomic E-state index is 1.22. The smallest absolute Gasteiger partial charge is 0.0225 e. The Kier molecular flexibility index (Phi) is 3.03. The maximum absolute atomic E-state index is 2.30. The first-order valence-electron chi connectivity index (χ1n) is 5.69. The average molecular weight is 186 g/mol. The summed E-state index contributed by atoms with van der Waals surface area (Å²) in [7, 11) is 0. The number of allylic oxidation sites excluding steroid dienone is 1. The van der Waals surface area contributed by atoms with Crippen LogP contribution in [0.25, 0.3) is 6.08 Å². The van der Waals surface area contributed by atoms with Crippen molar-refractivity contribution in [3.63, 3.8) is 0 Å². The third-order valence-electron chi connectivity index (χ3n) is 2.97. The molecule has 0 fully saturated rings. The van der Waals surface area contributed by atoms with Gasteiger partial charge in [-0.15, -0.1) is 0 Å². The van der Waals surface area contributed by atoms with Gasteiger partial charge >= 0.3 is 0 Å². The highest BCUT2D eigenvalue weighted by molar-refractivity contribution is 5.58. The van der Waals surface area contributed by atoms with E-state index < -0.39 is 0 Å². The summed E-state index contributed by atoms with van der Waals surface area (Å²) in [5.74, 6) is 0. The number of aryl methyl sites for hydroxylation is 1. The summed E-state index contributed by atoms with van der Waals surface area (Å²) in [6, 6.07) is 6.73. The van der Waals surface area contributed by atoms with E-state index >= 15 is 0 Å². The molecule has 0 N–H and O–H groups in total. The van der Waals surface area contributed by atoms with Gasteiger partial charge in [0.2, 0.25) is 0 Å². The van der Waals surface area contributed by atoms with Crippen LogP contribution in [0.15, 0.2) is 24.3 Å². The van der Waals surface area contributed by atoms with Crippen molar-refractivity contribution in [3.05, 3.63) is 41.0 Å². The molecule has 0 heterocycles. The maximum Gasteiger partial charge on any atom is -0.0225 e. The van der Waals surface area contributed by atoms with Crippen LogP contribution in [0.4, 0.5) is 0 Å². The van der Waals surface area contributed by atoms with Crippen LogP contribution in [0.3, 0.4) is 0 Å². The van der Waals surface area contributed by atoms with Gasteiger partial charge in [-0.05, 0) is 42.4 Å². The van der Waals surface area contributed by atoms with Gasteiger partial charge in [-0.2, -0.15) is 0 Å². The summed E-state index contributed by atoms with van der Waals surface area (Å²) >= 11 is 0. The number of benzene rings is 1. The largest absolute Gasteiger partial charge is 0.0836 e. The molecule has 0 nitrogen and oxygen atoms in total. The molecule has 0 amide bonds. The lowest BCUT2D eigenvalue weighted by molar-refractivity contribution is 0.782. The van der Waals surface area contributed by atoms with E-state index in [2.05, 4.69) is 37.3 Å². The maximum atomic E-state index is 2.30. The molecule has 0 atom stereocenters. The van der Waals surface area contributed by atoms with Gasteiger partial charge in [0.1, 0.15) is 0 Å². The number of fused-ring (bicyclic) bond motifs is 1. The van der Waals surface area contributed by atoms with Crippen LogP contribution in [0, 0.1) is 0 Å². The van der Waals surface area contributed by atoms with Crippen LogP contribution in [-0.4, -0.2) is 0 Å². The first-order valence-corrected chi connectivity index (χ1v) is 5.69. The Morgan fingerprint density at radius 1 is 1.29 bits per heavy atom. The Morgan fingerprint density at radius 3 is 3.07 bits per heavy atom. The van der Waals surface area contributed by atoms with E-state index in [4.69, 9.17) is 0 Å². The van der Waals surface area contributed by atoms with E-state index in [1.807, 2.05) is 0 Å². The molecule has 1 aromatic carbocycles. The molecule has 1 aliphatic carbocycles. The monoisotopic (exact) mass is 186 g/mol. The third-order valence-corrected chi connectivity index (χ3v) is 2.97. The van der Waals surface area contributed by atoms with E-state index in [0.717, 1.165) is 0 Å². The second kappa shape index (κ2) is 4.45. The predicted molar refractivity (Wildman–Crippen MR) is 62.4 cm³/mol. The van der Waals surface area contributed by atoms with Crippen LogP contribution < -0.4 is 0 Å². The molecular weight excluding hydrogens is 168 g/mol. The van der Waals surface area contributed by atoms with Gasteiger partial charge in [0.15, 0.2) is 0 Å². The molecule has 0 bridgehead atoms. The van der Waals surface area contributed by atoms with Crippen molar-refractivity contribution in [2.45, 2.75) is 39.0 Å². The molecule has 0 heteroatoms. The van der Waals surface area contributed by atoms with Gasteiger partial charge in [0.25, 0.3) is 0 Å². The van der Waals surface area contributed by atoms with Gasteiger partial charge in [0, 0.05) is 0 Å². The zero-order valence-corrected chi connectivity index (χ0v) is 8.92. The molecule has 0 aliphatic heterocycles. The van der Waals surface area contributed by atoms with E-state index in [9.17, 15) is 0 Å². The molecular formula is C14H18. The SMILES string of the molecule is CCCCc1cccc2c1CCC=C2. The number of hydrogen-bond donors (Lipinski definition) is 0. The van der Waals surface area contributed by atoms with Crippen molar-refractivity contribution < 1.29 is 0 Å². The van der Waals surface area contributed by atoms with Crippen molar-refractivity contribution in [1.82, 2.24) is 0 Å². The third kappa shape index (κ3) is 1.89. The number of rotatable bonds is 3. The molecule has 0 radical (unpaired) electrons. The highest BCUT2D eigenvalue weighted by atomic mass is 14.1. The molecule has 2 rings (SSSR count). The lowest BCUT2D eigenvalue weighted by Gasteiger charge is -2.15. The van der Waals surface area contributed by atoms with Gasteiger partial charge in [-0.1, -0.05) is 43.7 Å². The van der Waals surface area contributed by atoms with Gasteiger partial charge in [-0.3, -0.25) is 0 Å². The van der Waals surface area contributed by atoms with Gasteiger partial charge in [0.05, 0.1) is 0 Å². The van der Waals surface area contributed by atoms with E-state index in [0.29, 0.717) is 0 Å². The van der Waals surface area contributed by atoms with Crippen LogP contribution in [0.2, 0.25) is 0 Å². The molecule has 74 valence electrons. The topological polar surface area (TPSA) is 0 Å². The lowest BCUT2D eigenvalue weighted by Crippen LogP contribution is -2.00. The van der Waals surface area contributed by atoms with Crippen molar-refractivity contribution in [2.75, 3.05) is 0 Å². The molecule has 0 saturated heterocycles. The fourth-order valence-corrected chi connectivity index (χ4v) is 2.15. The fraction of sp³-hybridized carbons (Fsp3) is 0.429. The van der Waals surface area contributed by atoms with Crippen LogP contribution >= 0.6 is 0 Å². The molecule has 14 heavy (non-hydrogen) atoms. The fourth-order valence-electron chi connectivity index (χ4n) is 2.15. The quantitative estimate of drug-likeness (QED) is 0.669. The van der Waals surface area contributed by atoms with Crippen molar-refractivity contribution in [3.8, 4) is 0 Å². The average Bonchev–Trinajstić information content (AvgIpc) is 2.26. The van der Waals surface area contributed by atoms with Crippen molar-refractivity contribution in [2.24, 2.45) is 0 Å². The summed E-state index contributed by atoms with van der Waals surface area (Å²) in [4.78, 5) is 0. The number of unbranched alkanes of at least 4 members (excludes halogenated alkanes) is 1. The van der Waals surface area contributed by atoms with Crippen molar-refractivity contribution in [1.29, 1.82) is 0 Å². The Balaban J connectivity index is 2.27. The van der Waals surface area contributed by atoms with Gasteiger partial charge < -0.3 is 0 Å². The Hall–Kier alpha value is -1.04. The van der Waals surface area contributed by atoms with Crippen LogP contribution in [0.5, 0.6) is 0 Å². The summed E-state index contributed by atoms with van der Waals surface area (Å²) in [5, 5.41) is 0. The summed E-state index contributed by atoms with van der Waals surface area (Å²) in [6.45, 7) is 2.26. The van der Waals surface area contributed by atoms with E-state index in [-0.39, 0.29) is 0 Å². The van der Waals surface area contributed by atoms with Crippen LogP contribution in [-0.2, 0) is 12.8 Å². The molecule has 1 aromatic rings. The Bertz CT molecular complexity index is 334. The lowest BCUT2D eigenvalue weighted by atomic mass is 9.91. The molecule has 0 spiro atoms. The second-order valence-corrected chi connectivity index (χ2v) is 4.03.